The highest BCUT2D eigenvalue weighted by molar-refractivity contribution is 7.92. The van der Waals surface area contributed by atoms with Crippen molar-refractivity contribution in [3.8, 4) is 0 Å². The molecule has 1 fully saturated rings. The molecule has 1 amide bonds. The lowest BCUT2D eigenvalue weighted by Crippen LogP contribution is -2.61. The van der Waals surface area contributed by atoms with Gasteiger partial charge in [-0.1, -0.05) is 0 Å². The van der Waals surface area contributed by atoms with Crippen molar-refractivity contribution in [2.24, 2.45) is 0 Å². The zero-order valence-electron chi connectivity index (χ0n) is 8.62. The average molecular weight is 220 g/mol. The topological polar surface area (TPSA) is 75.3 Å². The van der Waals surface area contributed by atoms with Crippen molar-refractivity contribution in [3.05, 3.63) is 0 Å². The molecule has 1 aliphatic rings. The molecule has 0 radical (unpaired) electrons. The third-order valence-corrected chi connectivity index (χ3v) is 4.63. The lowest BCUT2D eigenvalue weighted by Gasteiger charge is -2.31. The van der Waals surface area contributed by atoms with Crippen molar-refractivity contribution in [1.82, 2.24) is 10.6 Å². The monoisotopic (exact) mass is 220 g/mol. The van der Waals surface area contributed by atoms with Crippen molar-refractivity contribution in [3.63, 3.8) is 0 Å². The normalized spacial score (nSPS) is 18.8. The van der Waals surface area contributed by atoms with Gasteiger partial charge < -0.3 is 10.6 Å². The van der Waals surface area contributed by atoms with E-state index in [4.69, 9.17) is 0 Å². The van der Waals surface area contributed by atoms with Gasteiger partial charge in [-0.05, 0) is 13.8 Å². The molecule has 1 saturated heterocycles. The van der Waals surface area contributed by atoms with E-state index >= 15 is 0 Å². The van der Waals surface area contributed by atoms with E-state index < -0.39 is 20.5 Å². The maximum atomic E-state index is 11.6. The molecule has 0 aromatic carbocycles. The quantitative estimate of drug-likeness (QED) is 0.633. The molecule has 0 bridgehead atoms. The minimum Gasteiger partial charge on any atom is -0.349 e. The lowest BCUT2D eigenvalue weighted by atomic mass is 10.1. The van der Waals surface area contributed by atoms with E-state index in [0.29, 0.717) is 13.1 Å². The second-order valence-corrected chi connectivity index (χ2v) is 6.68. The van der Waals surface area contributed by atoms with Gasteiger partial charge in [0.15, 0.2) is 9.84 Å². The minimum absolute atomic E-state index is 0.0727. The van der Waals surface area contributed by atoms with Crippen LogP contribution in [0.4, 0.5) is 0 Å². The van der Waals surface area contributed by atoms with Crippen molar-refractivity contribution < 1.29 is 13.2 Å². The lowest BCUT2D eigenvalue weighted by molar-refractivity contribution is -0.123. The number of rotatable bonds is 3. The van der Waals surface area contributed by atoms with Crippen LogP contribution >= 0.6 is 0 Å². The molecule has 0 aromatic heterocycles. The molecule has 1 aliphatic heterocycles. The van der Waals surface area contributed by atoms with E-state index in [2.05, 4.69) is 10.6 Å². The largest absolute Gasteiger partial charge is 0.349 e. The molecule has 14 heavy (non-hydrogen) atoms. The Morgan fingerprint density at radius 2 is 1.93 bits per heavy atom. The fraction of sp³-hybridized carbons (Fsp3) is 0.875. The first-order valence-corrected chi connectivity index (χ1v) is 6.35. The van der Waals surface area contributed by atoms with Crippen LogP contribution in [0.1, 0.15) is 13.8 Å². The molecule has 0 spiro atoms. The Bertz CT molecular complexity index is 330. The van der Waals surface area contributed by atoms with Crippen LogP contribution < -0.4 is 10.6 Å². The first-order valence-electron chi connectivity index (χ1n) is 4.46. The first-order chi connectivity index (χ1) is 6.25. The molecule has 6 heteroatoms. The molecule has 5 nitrogen and oxygen atoms in total. The number of hydrogen-bond donors (Lipinski definition) is 2. The molecule has 2 N–H and O–H groups in total. The SMILES string of the molecule is CC(C)(C(=O)NC1CNC1)S(C)(=O)=O. The summed E-state index contributed by atoms with van der Waals surface area (Å²) in [6, 6.07) is 0.0727. The van der Waals surface area contributed by atoms with Gasteiger partial charge in [-0.3, -0.25) is 4.79 Å². The van der Waals surface area contributed by atoms with E-state index in [0.717, 1.165) is 6.26 Å². The van der Waals surface area contributed by atoms with Crippen LogP contribution in [0.3, 0.4) is 0 Å². The van der Waals surface area contributed by atoms with Crippen LogP contribution in [-0.2, 0) is 14.6 Å². The summed E-state index contributed by atoms with van der Waals surface area (Å²) in [5.74, 6) is -0.425. The standard InChI is InChI=1S/C8H16N2O3S/c1-8(2,14(3,12)13)7(11)10-6-4-9-5-6/h6,9H,4-5H2,1-3H3,(H,10,11). The van der Waals surface area contributed by atoms with Crippen LogP contribution in [0, 0.1) is 0 Å². The van der Waals surface area contributed by atoms with Gasteiger partial charge in [-0.2, -0.15) is 0 Å². The van der Waals surface area contributed by atoms with Gasteiger partial charge in [0.2, 0.25) is 5.91 Å². The van der Waals surface area contributed by atoms with Crippen molar-refractivity contribution in [2.45, 2.75) is 24.6 Å². The number of amides is 1. The van der Waals surface area contributed by atoms with Crippen molar-refractivity contribution >= 4 is 15.7 Å². The summed E-state index contributed by atoms with van der Waals surface area (Å²) in [6.45, 7) is 4.27. The summed E-state index contributed by atoms with van der Waals surface area (Å²) in [5.41, 5.74) is 0. The van der Waals surface area contributed by atoms with Gasteiger partial charge in [-0.15, -0.1) is 0 Å². The Morgan fingerprint density at radius 3 is 2.21 bits per heavy atom. The predicted octanol–water partition coefficient (Wildman–Crippen LogP) is -1.10. The van der Waals surface area contributed by atoms with Gasteiger partial charge >= 0.3 is 0 Å². The number of sulfone groups is 1. The summed E-state index contributed by atoms with van der Waals surface area (Å²) in [5, 5.41) is 5.68. The van der Waals surface area contributed by atoms with Crippen LogP contribution in [0.15, 0.2) is 0 Å². The minimum atomic E-state index is -3.36. The first kappa shape index (κ1) is 11.5. The Morgan fingerprint density at radius 1 is 1.43 bits per heavy atom. The van der Waals surface area contributed by atoms with Crippen LogP contribution in [0.5, 0.6) is 0 Å². The molecular weight excluding hydrogens is 204 g/mol. The summed E-state index contributed by atoms with van der Waals surface area (Å²) in [6.07, 6.45) is 1.08. The zero-order chi connectivity index (χ0) is 11.0. The Labute approximate surface area is 84.2 Å². The molecule has 0 unspecified atom stereocenters. The van der Waals surface area contributed by atoms with Gasteiger partial charge in [0.1, 0.15) is 4.75 Å². The van der Waals surface area contributed by atoms with Crippen molar-refractivity contribution in [1.29, 1.82) is 0 Å². The van der Waals surface area contributed by atoms with Gasteiger partial charge in [0, 0.05) is 19.3 Å². The molecule has 1 rings (SSSR count). The van der Waals surface area contributed by atoms with E-state index in [1.54, 1.807) is 0 Å². The number of carbonyl (C=O) groups is 1. The van der Waals surface area contributed by atoms with Gasteiger partial charge in [0.25, 0.3) is 0 Å². The van der Waals surface area contributed by atoms with Crippen LogP contribution in [0.2, 0.25) is 0 Å². The molecular formula is C8H16N2O3S. The third kappa shape index (κ3) is 2.06. The molecule has 0 aromatic rings. The van der Waals surface area contributed by atoms with E-state index in [9.17, 15) is 13.2 Å². The highest BCUT2D eigenvalue weighted by Gasteiger charge is 2.39. The average Bonchev–Trinajstić information content (AvgIpc) is 1.93. The third-order valence-electron chi connectivity index (χ3n) is 2.59. The van der Waals surface area contributed by atoms with Gasteiger partial charge in [-0.25, -0.2) is 8.42 Å². The fourth-order valence-corrected chi connectivity index (χ4v) is 1.31. The maximum Gasteiger partial charge on any atom is 0.241 e. The second kappa shape index (κ2) is 3.51. The predicted molar refractivity (Wildman–Crippen MR) is 53.7 cm³/mol. The summed E-state index contributed by atoms with van der Waals surface area (Å²) < 4.78 is 21.3. The molecule has 0 atom stereocenters. The highest BCUT2D eigenvalue weighted by atomic mass is 32.2. The Balaban J connectivity index is 2.67. The number of carbonyl (C=O) groups excluding carboxylic acids is 1. The fourth-order valence-electron chi connectivity index (χ4n) is 0.918. The van der Waals surface area contributed by atoms with Gasteiger partial charge in [0.05, 0.1) is 6.04 Å². The van der Waals surface area contributed by atoms with Crippen molar-refractivity contribution in [2.75, 3.05) is 19.3 Å². The summed E-state index contributed by atoms with van der Waals surface area (Å²) >= 11 is 0. The Hall–Kier alpha value is -0.620. The number of nitrogens with one attached hydrogen (secondary N) is 2. The van der Waals surface area contributed by atoms with Crippen LogP contribution in [-0.4, -0.2) is 44.5 Å². The number of hydrogen-bond acceptors (Lipinski definition) is 4. The summed E-state index contributed by atoms with van der Waals surface area (Å²) in [4.78, 5) is 11.6. The smallest absolute Gasteiger partial charge is 0.241 e. The molecule has 82 valence electrons. The summed E-state index contributed by atoms with van der Waals surface area (Å²) in [7, 11) is -3.36. The molecule has 1 heterocycles. The second-order valence-electron chi connectivity index (χ2n) is 4.11. The zero-order valence-corrected chi connectivity index (χ0v) is 9.44. The maximum absolute atomic E-state index is 11.6. The van der Waals surface area contributed by atoms with E-state index in [1.165, 1.54) is 13.8 Å². The Kier molecular flexibility index (Phi) is 2.87. The van der Waals surface area contributed by atoms with Crippen LogP contribution in [0.25, 0.3) is 0 Å². The molecule has 0 aliphatic carbocycles. The highest BCUT2D eigenvalue weighted by Crippen LogP contribution is 2.15. The van der Waals surface area contributed by atoms with E-state index in [-0.39, 0.29) is 6.04 Å². The van der Waals surface area contributed by atoms with E-state index in [1.807, 2.05) is 0 Å². The molecule has 0 saturated carbocycles.